The van der Waals surface area contributed by atoms with Crippen LogP contribution >= 0.6 is 0 Å². The maximum Gasteiger partial charge on any atom is 0.411 e. The highest BCUT2D eigenvalue weighted by molar-refractivity contribution is 6.09. The molecule has 0 fully saturated rings. The molecule has 4 aromatic heterocycles. The van der Waals surface area contributed by atoms with E-state index in [1.165, 1.54) is 18.2 Å². The van der Waals surface area contributed by atoms with Crippen molar-refractivity contribution in [1.29, 1.82) is 0 Å². The lowest BCUT2D eigenvalue weighted by Crippen LogP contribution is -2.55. The zero-order valence-electron chi connectivity index (χ0n) is 25.3. The second kappa shape index (κ2) is 10.6. The second-order valence-corrected chi connectivity index (χ2v) is 12.1. The molecule has 0 aliphatic heterocycles. The number of hydrogen-bond acceptors (Lipinski definition) is 2. The van der Waals surface area contributed by atoms with Crippen LogP contribution in [0.15, 0.2) is 134 Å². The molecular weight excluding hydrogens is 626 g/mol. The Morgan fingerprint density at radius 1 is 0.604 bits per heavy atom. The molecule has 1 unspecified atom stereocenters. The van der Waals surface area contributed by atoms with Crippen LogP contribution in [0.4, 0.5) is 26.3 Å². The summed E-state index contributed by atoms with van der Waals surface area (Å²) in [6.45, 7) is 1.65. The number of fused-ring (bicyclic) bond motifs is 6. The van der Waals surface area contributed by atoms with E-state index >= 15 is 26.3 Å². The highest BCUT2D eigenvalue weighted by atomic mass is 19.4. The van der Waals surface area contributed by atoms with Gasteiger partial charge in [0.25, 0.3) is 0 Å². The Morgan fingerprint density at radius 2 is 1.12 bits per heavy atom. The molecule has 7 aromatic rings. The summed E-state index contributed by atoms with van der Waals surface area (Å²) in [7, 11) is 0. The van der Waals surface area contributed by atoms with Gasteiger partial charge in [0.2, 0.25) is 5.41 Å². The van der Waals surface area contributed by atoms with E-state index in [0.717, 1.165) is 67.9 Å². The minimum Gasteiger partial charge on any atom is -0.333 e. The quantitative estimate of drug-likeness (QED) is 0.177. The number of nitrogens with zero attached hydrogens (tertiary/aromatic N) is 4. The zero-order chi connectivity index (χ0) is 33.4. The smallest absolute Gasteiger partial charge is 0.333 e. The number of pyridine rings is 2. The largest absolute Gasteiger partial charge is 0.411 e. The maximum absolute atomic E-state index is 15.2. The molecule has 0 radical (unpaired) electrons. The van der Waals surface area contributed by atoms with Gasteiger partial charge in [-0.25, -0.2) is 0 Å². The number of alkyl halides is 6. The van der Waals surface area contributed by atoms with E-state index in [9.17, 15) is 0 Å². The number of hydrogen-bond donors (Lipinski definition) is 0. The van der Waals surface area contributed by atoms with Gasteiger partial charge in [-0.15, -0.1) is 0 Å². The van der Waals surface area contributed by atoms with Crippen LogP contribution in [0.2, 0.25) is 0 Å². The van der Waals surface area contributed by atoms with Crippen molar-refractivity contribution in [2.24, 2.45) is 5.92 Å². The van der Waals surface area contributed by atoms with Crippen LogP contribution in [0.25, 0.3) is 49.3 Å². The molecule has 1 aliphatic carbocycles. The van der Waals surface area contributed by atoms with E-state index in [4.69, 9.17) is 0 Å². The van der Waals surface area contributed by atoms with Gasteiger partial charge in [-0.3, -0.25) is 9.97 Å². The Labute approximate surface area is 270 Å². The lowest BCUT2D eigenvalue weighted by atomic mass is 9.69. The van der Waals surface area contributed by atoms with Crippen molar-refractivity contribution in [3.8, 4) is 5.69 Å². The first-order valence-corrected chi connectivity index (χ1v) is 15.3. The van der Waals surface area contributed by atoms with E-state index in [-0.39, 0.29) is 0 Å². The van der Waals surface area contributed by atoms with Crippen LogP contribution in [0.3, 0.4) is 0 Å². The van der Waals surface area contributed by atoms with Crippen molar-refractivity contribution in [3.05, 3.63) is 139 Å². The summed E-state index contributed by atoms with van der Waals surface area (Å²) < 4.78 is 95.1. The summed E-state index contributed by atoms with van der Waals surface area (Å²) in [6, 6.07) is 22.5. The van der Waals surface area contributed by atoms with Crippen molar-refractivity contribution >= 4 is 43.6 Å². The van der Waals surface area contributed by atoms with E-state index in [0.29, 0.717) is 5.69 Å². The Bertz CT molecular complexity index is 2290. The average Bonchev–Trinajstić information content (AvgIpc) is 3.58. The molecule has 0 saturated heterocycles. The minimum atomic E-state index is -5.70. The number of para-hydroxylation sites is 2. The normalized spacial score (nSPS) is 17.5. The molecule has 1 aliphatic rings. The van der Waals surface area contributed by atoms with Gasteiger partial charge in [-0.05, 0) is 53.5 Å². The molecule has 10 heteroatoms. The maximum atomic E-state index is 15.2. The Balaban J connectivity index is 1.27. The van der Waals surface area contributed by atoms with Crippen molar-refractivity contribution in [1.82, 2.24) is 19.1 Å². The summed E-state index contributed by atoms with van der Waals surface area (Å²) in [6.07, 6.45) is -1.20. The molecule has 240 valence electrons. The Hall–Kier alpha value is -5.38. The van der Waals surface area contributed by atoms with E-state index in [1.807, 2.05) is 57.7 Å². The molecular formula is C38H26F6N4. The van der Waals surface area contributed by atoms with Crippen LogP contribution in [0.1, 0.15) is 18.5 Å². The summed E-state index contributed by atoms with van der Waals surface area (Å²) in [5.74, 6) is -0.716. The summed E-state index contributed by atoms with van der Waals surface area (Å²) >= 11 is 0. The minimum absolute atomic E-state index is 0.428. The van der Waals surface area contributed by atoms with Gasteiger partial charge >= 0.3 is 12.4 Å². The zero-order valence-corrected chi connectivity index (χ0v) is 25.3. The Morgan fingerprint density at radius 3 is 1.75 bits per heavy atom. The van der Waals surface area contributed by atoms with Crippen molar-refractivity contribution in [2.45, 2.75) is 30.7 Å². The number of halogens is 6. The first-order chi connectivity index (χ1) is 23.0. The number of rotatable bonds is 4. The topological polar surface area (TPSA) is 35.6 Å². The fourth-order valence-corrected chi connectivity index (χ4v) is 7.49. The number of aromatic nitrogens is 4. The fraction of sp³-hybridized carbons (Fsp3) is 0.158. The monoisotopic (exact) mass is 652 g/mol. The van der Waals surface area contributed by atoms with Crippen molar-refractivity contribution in [2.75, 3.05) is 0 Å². The SMILES string of the molecule is C[C@H]1C=C(C(c2ccc(-n3c4ccccc4c4cnccc43)cc2)(C(F)(F)F)C(F)(F)F)C=CC1n1c2ccccc2c2cnccc21. The van der Waals surface area contributed by atoms with Gasteiger partial charge in [0.1, 0.15) is 0 Å². The predicted molar refractivity (Wildman–Crippen MR) is 175 cm³/mol. The predicted octanol–water partition coefficient (Wildman–Crippen LogP) is 10.4. The molecule has 0 bridgehead atoms. The van der Waals surface area contributed by atoms with Gasteiger partial charge in [-0.2, -0.15) is 26.3 Å². The standard InChI is InChI=1S/C38H26F6N4/c1-23-20-25(12-15-31(23)48-33-9-5-3-7-28(33)30-22-46-19-17-35(30)48)36(37(39,40)41,38(42,43)44)24-10-13-26(14-11-24)47-32-8-4-2-6-27(32)29-21-45-18-16-34(29)47/h2-23,31H,1H3/t23-,31?/m0/s1. The van der Waals surface area contributed by atoms with Gasteiger partial charge < -0.3 is 9.13 Å². The summed E-state index contributed by atoms with van der Waals surface area (Å²) in [4.78, 5) is 8.43. The van der Waals surface area contributed by atoms with Gasteiger partial charge in [0.05, 0.1) is 22.6 Å². The van der Waals surface area contributed by atoms with Crippen LogP contribution in [0, 0.1) is 5.92 Å². The Kier molecular flexibility index (Phi) is 6.60. The third kappa shape index (κ3) is 4.17. The van der Waals surface area contributed by atoms with E-state index < -0.39 is 40.9 Å². The van der Waals surface area contributed by atoms with Crippen molar-refractivity contribution in [3.63, 3.8) is 0 Å². The first-order valence-electron chi connectivity index (χ1n) is 15.3. The summed E-state index contributed by atoms with van der Waals surface area (Å²) in [5, 5.41) is 3.43. The molecule has 4 heterocycles. The molecule has 2 atom stereocenters. The lowest BCUT2D eigenvalue weighted by Gasteiger charge is -2.41. The molecule has 8 rings (SSSR count). The van der Waals surface area contributed by atoms with E-state index in [1.54, 1.807) is 43.8 Å². The van der Waals surface area contributed by atoms with Gasteiger partial charge in [0, 0.05) is 57.5 Å². The van der Waals surface area contributed by atoms with Crippen LogP contribution in [-0.4, -0.2) is 31.5 Å². The van der Waals surface area contributed by atoms with Crippen LogP contribution in [-0.2, 0) is 5.41 Å². The molecule has 0 spiro atoms. The molecule has 0 saturated carbocycles. The number of allylic oxidation sites excluding steroid dienone is 4. The molecule has 0 amide bonds. The number of benzene rings is 3. The lowest BCUT2D eigenvalue weighted by molar-refractivity contribution is -0.289. The van der Waals surface area contributed by atoms with Crippen LogP contribution < -0.4 is 0 Å². The third-order valence-corrected chi connectivity index (χ3v) is 9.58. The molecule has 3 aromatic carbocycles. The molecule has 0 N–H and O–H groups in total. The van der Waals surface area contributed by atoms with Crippen molar-refractivity contribution < 1.29 is 26.3 Å². The highest BCUT2D eigenvalue weighted by Gasteiger charge is 2.73. The van der Waals surface area contributed by atoms with Crippen LogP contribution in [0.5, 0.6) is 0 Å². The molecule has 4 nitrogen and oxygen atoms in total. The van der Waals surface area contributed by atoms with Gasteiger partial charge in [0.15, 0.2) is 0 Å². The third-order valence-electron chi connectivity index (χ3n) is 9.58. The fourth-order valence-electron chi connectivity index (χ4n) is 7.49. The van der Waals surface area contributed by atoms with E-state index in [2.05, 4.69) is 9.97 Å². The molecule has 48 heavy (non-hydrogen) atoms. The highest BCUT2D eigenvalue weighted by Crippen LogP contribution is 2.58. The average molecular weight is 653 g/mol. The van der Waals surface area contributed by atoms with Gasteiger partial charge in [-0.1, -0.05) is 73.7 Å². The summed E-state index contributed by atoms with van der Waals surface area (Å²) in [5.41, 5.74) is -2.50. The second-order valence-electron chi connectivity index (χ2n) is 12.1. The first kappa shape index (κ1) is 30.0.